The normalized spacial score (nSPS) is 11.2. The van der Waals surface area contributed by atoms with E-state index in [1.807, 2.05) is 6.07 Å². The fourth-order valence-electron chi connectivity index (χ4n) is 3.15. The minimum absolute atomic E-state index is 0.115. The van der Waals surface area contributed by atoms with Crippen LogP contribution in [0.1, 0.15) is 17.2 Å². The molecule has 0 saturated heterocycles. The van der Waals surface area contributed by atoms with E-state index in [2.05, 4.69) is 5.32 Å². The summed E-state index contributed by atoms with van der Waals surface area (Å²) in [5.74, 6) is 0.191. The van der Waals surface area contributed by atoms with E-state index in [4.69, 9.17) is 24.2 Å². The van der Waals surface area contributed by atoms with Gasteiger partial charge in [-0.15, -0.1) is 0 Å². The lowest BCUT2D eigenvalue weighted by Crippen LogP contribution is -2.25. The Labute approximate surface area is 203 Å². The van der Waals surface area contributed by atoms with Gasteiger partial charge in [0.05, 0.1) is 14.2 Å². The van der Waals surface area contributed by atoms with Crippen LogP contribution in [-0.2, 0) is 14.3 Å². The second-order valence-corrected chi connectivity index (χ2v) is 7.14. The number of anilines is 1. The highest BCUT2D eigenvalue weighted by Crippen LogP contribution is 2.29. The molecular formula is C27H24N2O6. The maximum Gasteiger partial charge on any atom is 0.331 e. The van der Waals surface area contributed by atoms with Crippen LogP contribution in [-0.4, -0.2) is 32.7 Å². The number of hydrogen-bond acceptors (Lipinski definition) is 7. The average Bonchev–Trinajstić information content (AvgIpc) is 2.90. The molecule has 3 aromatic carbocycles. The summed E-state index contributed by atoms with van der Waals surface area (Å²) in [6, 6.07) is 22.5. The largest absolute Gasteiger partial charge is 0.497 e. The summed E-state index contributed by atoms with van der Waals surface area (Å²) in [7, 11) is 3.01. The molecule has 0 radical (unpaired) electrons. The van der Waals surface area contributed by atoms with Gasteiger partial charge in [-0.2, -0.15) is 5.26 Å². The third kappa shape index (κ3) is 7.11. The molecule has 3 aromatic rings. The molecule has 0 fully saturated rings. The molecule has 0 aliphatic carbocycles. The Hall–Kier alpha value is -4.77. The maximum atomic E-state index is 13.0. The molecule has 178 valence electrons. The van der Waals surface area contributed by atoms with E-state index in [0.29, 0.717) is 34.1 Å². The molecule has 0 bridgehead atoms. The van der Waals surface area contributed by atoms with E-state index >= 15 is 0 Å². The number of rotatable bonds is 10. The zero-order valence-electron chi connectivity index (χ0n) is 19.3. The van der Waals surface area contributed by atoms with Gasteiger partial charge < -0.3 is 24.3 Å². The zero-order chi connectivity index (χ0) is 25.0. The minimum Gasteiger partial charge on any atom is -0.497 e. The Bertz CT molecular complexity index is 1230. The molecule has 1 amide bonds. The molecule has 8 nitrogen and oxygen atoms in total. The fourth-order valence-corrected chi connectivity index (χ4v) is 3.15. The molecule has 35 heavy (non-hydrogen) atoms. The van der Waals surface area contributed by atoms with Crippen LogP contribution < -0.4 is 19.5 Å². The summed E-state index contributed by atoms with van der Waals surface area (Å²) in [5.41, 5.74) is 1.67. The first-order valence-corrected chi connectivity index (χ1v) is 10.6. The zero-order valence-corrected chi connectivity index (χ0v) is 19.3. The lowest BCUT2D eigenvalue weighted by Gasteiger charge is -2.17. The van der Waals surface area contributed by atoms with Crippen LogP contribution in [0.15, 0.2) is 78.9 Å². The van der Waals surface area contributed by atoms with Gasteiger partial charge in [-0.1, -0.05) is 42.5 Å². The van der Waals surface area contributed by atoms with E-state index in [9.17, 15) is 9.59 Å². The van der Waals surface area contributed by atoms with Gasteiger partial charge in [-0.25, -0.2) is 4.79 Å². The van der Waals surface area contributed by atoms with Crippen molar-refractivity contribution in [3.8, 4) is 23.3 Å². The Morgan fingerprint density at radius 1 is 0.971 bits per heavy atom. The molecule has 0 unspecified atom stereocenters. The van der Waals surface area contributed by atoms with Gasteiger partial charge in [0.1, 0.15) is 11.8 Å². The first-order chi connectivity index (χ1) is 17.0. The quantitative estimate of drug-likeness (QED) is 0.341. The van der Waals surface area contributed by atoms with Crippen molar-refractivity contribution < 1.29 is 28.5 Å². The summed E-state index contributed by atoms with van der Waals surface area (Å²) < 4.78 is 21.3. The number of carbonyl (C=O) groups is 2. The number of ether oxygens (including phenoxy) is 4. The van der Waals surface area contributed by atoms with Crippen molar-refractivity contribution in [2.75, 3.05) is 26.1 Å². The van der Waals surface area contributed by atoms with Gasteiger partial charge in [0.2, 0.25) is 6.10 Å². The van der Waals surface area contributed by atoms with Crippen molar-refractivity contribution in [3.05, 3.63) is 90.0 Å². The van der Waals surface area contributed by atoms with Crippen LogP contribution in [0.25, 0.3) is 6.08 Å². The van der Waals surface area contributed by atoms with E-state index in [-0.39, 0.29) is 6.61 Å². The molecule has 0 aromatic heterocycles. The molecular weight excluding hydrogens is 448 g/mol. The van der Waals surface area contributed by atoms with Crippen molar-refractivity contribution in [1.29, 1.82) is 5.26 Å². The number of esters is 1. The highest BCUT2D eigenvalue weighted by Gasteiger charge is 2.24. The van der Waals surface area contributed by atoms with Gasteiger partial charge in [0.15, 0.2) is 18.1 Å². The number of methoxy groups -OCH3 is 2. The Kier molecular flexibility index (Phi) is 8.85. The smallest absolute Gasteiger partial charge is 0.331 e. The summed E-state index contributed by atoms with van der Waals surface area (Å²) in [5, 5.41) is 11.4. The second-order valence-electron chi connectivity index (χ2n) is 7.14. The van der Waals surface area contributed by atoms with Gasteiger partial charge in [0, 0.05) is 23.4 Å². The lowest BCUT2D eigenvalue weighted by molar-refractivity contribution is -0.149. The Balaban J connectivity index is 1.75. The molecule has 0 spiro atoms. The predicted octanol–water partition coefficient (Wildman–Crippen LogP) is 4.54. The third-order valence-corrected chi connectivity index (χ3v) is 4.80. The van der Waals surface area contributed by atoms with Gasteiger partial charge >= 0.3 is 5.97 Å². The number of nitrogens with zero attached hydrogens (tertiary/aromatic N) is 1. The van der Waals surface area contributed by atoms with Crippen LogP contribution in [0.2, 0.25) is 0 Å². The van der Waals surface area contributed by atoms with Gasteiger partial charge in [-0.3, -0.25) is 4.79 Å². The van der Waals surface area contributed by atoms with Gasteiger partial charge in [-0.05, 0) is 35.9 Å². The molecule has 3 rings (SSSR count). The predicted molar refractivity (Wildman–Crippen MR) is 130 cm³/mol. The molecule has 0 saturated carbocycles. The van der Waals surface area contributed by atoms with Crippen LogP contribution >= 0.6 is 0 Å². The summed E-state index contributed by atoms with van der Waals surface area (Å²) in [6.45, 7) is -0.115. The van der Waals surface area contributed by atoms with Crippen molar-refractivity contribution in [3.63, 3.8) is 0 Å². The second kappa shape index (κ2) is 12.5. The highest BCUT2D eigenvalue weighted by molar-refractivity contribution is 5.97. The van der Waals surface area contributed by atoms with Crippen molar-refractivity contribution in [2.24, 2.45) is 0 Å². The number of nitriles is 1. The number of carbonyl (C=O) groups excluding carboxylic acids is 2. The average molecular weight is 472 g/mol. The Morgan fingerprint density at radius 2 is 1.77 bits per heavy atom. The monoisotopic (exact) mass is 472 g/mol. The van der Waals surface area contributed by atoms with Crippen LogP contribution in [0, 0.1) is 11.3 Å². The summed E-state index contributed by atoms with van der Waals surface area (Å²) in [4.78, 5) is 25.6. The van der Waals surface area contributed by atoms with Crippen LogP contribution in [0.4, 0.5) is 5.69 Å². The first kappa shape index (κ1) is 24.9. The van der Waals surface area contributed by atoms with Crippen molar-refractivity contribution in [1.82, 2.24) is 0 Å². The lowest BCUT2D eigenvalue weighted by atomic mass is 10.1. The number of nitrogens with one attached hydrogen (secondary N) is 1. The van der Waals surface area contributed by atoms with Crippen molar-refractivity contribution >= 4 is 23.6 Å². The Morgan fingerprint density at radius 3 is 2.49 bits per heavy atom. The number of benzene rings is 3. The molecule has 1 atom stereocenters. The standard InChI is InChI=1S/C27H24N2O6/c1-32-22-10-6-9-21(18-22)29-27(31)26(20-7-4-3-5-8-20)35-25(30)14-12-19-11-13-23(34-16-15-28)24(17-19)33-2/h3-14,17-18,26H,16H2,1-2H3,(H,29,31)/b14-12+/t26-/m0/s1. The third-order valence-electron chi connectivity index (χ3n) is 4.80. The highest BCUT2D eigenvalue weighted by atomic mass is 16.5. The van der Waals surface area contributed by atoms with E-state index in [0.717, 1.165) is 0 Å². The number of amides is 1. The maximum absolute atomic E-state index is 13.0. The van der Waals surface area contributed by atoms with Crippen LogP contribution in [0.5, 0.6) is 17.2 Å². The molecule has 0 aliphatic rings. The van der Waals surface area contributed by atoms with E-state index in [1.165, 1.54) is 26.4 Å². The minimum atomic E-state index is -1.17. The first-order valence-electron chi connectivity index (χ1n) is 10.6. The molecule has 0 heterocycles. The number of hydrogen-bond donors (Lipinski definition) is 1. The van der Waals surface area contributed by atoms with Gasteiger partial charge in [0.25, 0.3) is 5.91 Å². The molecule has 8 heteroatoms. The summed E-state index contributed by atoms with van der Waals surface area (Å²) >= 11 is 0. The fraction of sp³-hybridized carbons (Fsp3) is 0.148. The van der Waals surface area contributed by atoms with Crippen molar-refractivity contribution in [2.45, 2.75) is 6.10 Å². The van der Waals surface area contributed by atoms with E-state index in [1.54, 1.807) is 72.8 Å². The summed E-state index contributed by atoms with van der Waals surface area (Å²) in [6.07, 6.45) is 1.58. The van der Waals surface area contributed by atoms with Crippen LogP contribution in [0.3, 0.4) is 0 Å². The molecule has 0 aliphatic heterocycles. The van der Waals surface area contributed by atoms with E-state index < -0.39 is 18.0 Å². The molecule has 1 N–H and O–H groups in total. The topological polar surface area (TPSA) is 107 Å². The SMILES string of the molecule is COc1cccc(NC(=O)[C@@H](OC(=O)/C=C/c2ccc(OCC#N)c(OC)c2)c2ccccc2)c1.